The van der Waals surface area contributed by atoms with E-state index in [1.807, 2.05) is 0 Å². The van der Waals surface area contributed by atoms with Gasteiger partial charge in [-0.15, -0.1) is 0 Å². The number of carbonyl (C=O) groups is 2. The molecule has 0 aliphatic heterocycles. The van der Waals surface area contributed by atoms with Gasteiger partial charge >= 0.3 is 328 Å². The second kappa shape index (κ2) is 15.9. The Balaban J connectivity index is 2.76. The minimum atomic E-state index is -11.7. The van der Waals surface area contributed by atoms with Gasteiger partial charge in [0.2, 0.25) is 0 Å². The molecule has 0 aliphatic rings. The van der Waals surface area contributed by atoms with Crippen molar-refractivity contribution in [3.8, 4) is 5.75 Å². The molecule has 0 bridgehead atoms. The van der Waals surface area contributed by atoms with Crippen molar-refractivity contribution in [2.45, 2.75) is 47.9 Å². The van der Waals surface area contributed by atoms with Crippen LogP contribution in [0.15, 0.2) is 78.9 Å². The Labute approximate surface area is 328 Å². The zero-order chi connectivity index (χ0) is 48.2. The second-order valence-corrected chi connectivity index (χ2v) is 21.4. The van der Waals surface area contributed by atoms with Gasteiger partial charge < -0.3 is 0 Å². The summed E-state index contributed by atoms with van der Waals surface area (Å²) < 4.78 is 364. The maximum atomic E-state index is 15.1. The molecule has 0 N–H and O–H groups in total. The van der Waals surface area contributed by atoms with Crippen molar-refractivity contribution in [2.75, 3.05) is 12.3 Å². The number of ketones is 2. The third-order valence-corrected chi connectivity index (χ3v) is 18.2. The van der Waals surface area contributed by atoms with Crippen molar-refractivity contribution in [1.29, 1.82) is 0 Å². The van der Waals surface area contributed by atoms with Crippen LogP contribution >= 0.6 is 13.7 Å². The quantitative estimate of drug-likeness (QED) is 0.0783. The van der Waals surface area contributed by atoms with E-state index in [4.69, 9.17) is 0 Å². The van der Waals surface area contributed by atoms with Crippen LogP contribution in [0.1, 0.15) is 31.8 Å². The molecule has 0 aromatic heterocycles. The van der Waals surface area contributed by atoms with Gasteiger partial charge in [-0.05, 0) is 0 Å². The predicted octanol–water partition coefficient (Wildman–Crippen LogP) is 13.9. The fourth-order valence-corrected chi connectivity index (χ4v) is 11.5. The molecular weight excluding hydrogens is 969 g/mol. The van der Waals surface area contributed by atoms with E-state index >= 15 is 79.0 Å². The van der Waals surface area contributed by atoms with Gasteiger partial charge in [-0.1, -0.05) is 0 Å². The second-order valence-electron chi connectivity index (χ2n) is 12.5. The Morgan fingerprint density at radius 1 is 0.419 bits per heavy atom. The molecule has 0 fully saturated rings. The van der Waals surface area contributed by atoms with Crippen LogP contribution in [0.5, 0.6) is 5.75 Å². The Kier molecular flexibility index (Phi) is 13.4. The van der Waals surface area contributed by atoms with E-state index in [1.165, 1.54) is 0 Å². The monoisotopic (exact) mass is 986 g/mol. The van der Waals surface area contributed by atoms with Crippen LogP contribution in [0, 0.1) is 0 Å². The number of halogens is 24. The summed E-state index contributed by atoms with van der Waals surface area (Å²) in [5, 5.41) is 0. The molecule has 32 heteroatoms. The molecule has 62 heavy (non-hydrogen) atoms. The first-order chi connectivity index (χ1) is 27.5. The van der Waals surface area contributed by atoms with Crippen molar-refractivity contribution in [3.05, 3.63) is 101 Å². The fourth-order valence-electron chi connectivity index (χ4n) is 5.36. The summed E-state index contributed by atoms with van der Waals surface area (Å²) in [5.41, 5.74) is -9.11. The zero-order valence-electron chi connectivity index (χ0n) is 29.0. The number of rotatable bonds is 12. The molecule has 0 spiro atoms. The fraction of sp³-hybridized carbons (Fsp3) is 0.333. The van der Waals surface area contributed by atoms with Crippen molar-refractivity contribution < 1.29 is 128 Å². The van der Waals surface area contributed by atoms with Crippen molar-refractivity contribution in [1.82, 2.24) is 0 Å². The summed E-state index contributed by atoms with van der Waals surface area (Å²) in [7, 11) is -6.38. The number of carbonyl (C=O) groups excluding carboxylic acids is 2. The first kappa shape index (κ1) is 52.3. The van der Waals surface area contributed by atoms with Gasteiger partial charge in [0.05, 0.1) is 0 Å². The van der Waals surface area contributed by atoms with Crippen LogP contribution in [0.2, 0.25) is 0 Å². The van der Waals surface area contributed by atoms with Crippen LogP contribution in [-0.4, -0.2) is 66.7 Å². The minimum absolute atomic E-state index is 0.154. The molecule has 0 unspecified atom stereocenters. The van der Waals surface area contributed by atoms with Gasteiger partial charge in [0.15, 0.2) is 0 Å². The number of benzene rings is 3. The average molecular weight is 986 g/mol. The summed E-state index contributed by atoms with van der Waals surface area (Å²) in [5.74, 6) is -60.4. The van der Waals surface area contributed by atoms with E-state index < -0.39 is 139 Å². The van der Waals surface area contributed by atoms with E-state index in [2.05, 4.69) is 13.5 Å². The molecule has 5 nitrogen and oxygen atoms in total. The van der Waals surface area contributed by atoms with E-state index in [1.54, 1.807) is 0 Å². The Hall–Kier alpha value is -4.04. The molecule has 3 rings (SSSR count). The Bertz CT molecular complexity index is 1880. The van der Waals surface area contributed by atoms with Crippen molar-refractivity contribution in [2.24, 2.45) is 0 Å². The maximum absolute atomic E-state index is 15.1. The van der Waals surface area contributed by atoms with Crippen LogP contribution in [0.3, 0.4) is 0 Å². The average Bonchev–Trinajstić information content (AvgIpc) is 3.07. The molecule has 0 heterocycles. The van der Waals surface area contributed by atoms with E-state index in [0.29, 0.717) is 24.3 Å². The molecule has 0 amide bonds. The summed E-state index contributed by atoms with van der Waals surface area (Å²) in [6, 6.07) is 0.955. The zero-order valence-corrected chi connectivity index (χ0v) is 30.8. The van der Waals surface area contributed by atoms with Gasteiger partial charge in [-0.2, -0.15) is 0 Å². The number of alkyl halides is 24. The normalized spacial score (nSPS) is 15.5. The first-order valence-electron chi connectivity index (χ1n) is 15.5. The number of Topliss-reactive ketones (excluding diaryl/α,β-unsaturated/α-hetero) is 2. The standard InChI is InChI=1S/C30H17BF24O5P2/c32-23(33,34)18-11-19(24(35,36)37)13-20(12-18)58-31(59-61(25(38,39)40,26(41,42)43,27(44,45)46)14-21(56)16-7-3-1-4-8-16)60-62(28(47,48)49,29(50,51)52,30(53,54)55)15-22(57)17-9-5-2-6-10-17/h1-13H,14-15H2. The molecule has 3 aromatic rings. The molecule has 0 atom stereocenters. The summed E-state index contributed by atoms with van der Waals surface area (Å²) in [4.78, 5) is 25.9. The summed E-state index contributed by atoms with van der Waals surface area (Å²) in [6.45, 7) is -23.4. The van der Waals surface area contributed by atoms with Crippen LogP contribution in [0.4, 0.5) is 105 Å². The van der Waals surface area contributed by atoms with Crippen LogP contribution in [0.25, 0.3) is 0 Å². The van der Waals surface area contributed by atoms with Crippen LogP contribution < -0.4 is 4.65 Å². The van der Waals surface area contributed by atoms with Gasteiger partial charge in [0, 0.05) is 0 Å². The third-order valence-electron chi connectivity index (χ3n) is 8.73. The Morgan fingerprint density at radius 3 is 0.903 bits per heavy atom. The summed E-state index contributed by atoms with van der Waals surface area (Å²) in [6.07, 6.45) is -21.4. The van der Waals surface area contributed by atoms with E-state index in [0.717, 1.165) is 12.1 Å². The van der Waals surface area contributed by atoms with Gasteiger partial charge in [0.25, 0.3) is 0 Å². The third kappa shape index (κ3) is 8.16. The molecule has 0 radical (unpaired) electrons. The first-order valence-corrected chi connectivity index (χ1v) is 20.1. The molecule has 3 aromatic carbocycles. The number of hydrogen-bond donors (Lipinski definition) is 0. The molecule has 348 valence electrons. The Morgan fingerprint density at radius 2 is 0.677 bits per heavy atom. The predicted molar refractivity (Wildman–Crippen MR) is 166 cm³/mol. The molecule has 0 aliphatic carbocycles. The van der Waals surface area contributed by atoms with E-state index in [-0.39, 0.29) is 24.3 Å². The molecule has 0 saturated heterocycles. The summed E-state index contributed by atoms with van der Waals surface area (Å²) >= 11 is 0. The topological polar surface area (TPSA) is 61.8 Å². The molecule has 0 saturated carbocycles. The van der Waals surface area contributed by atoms with Gasteiger partial charge in [0.1, 0.15) is 0 Å². The van der Waals surface area contributed by atoms with Gasteiger partial charge in [-0.25, -0.2) is 0 Å². The van der Waals surface area contributed by atoms with Gasteiger partial charge in [-0.3, -0.25) is 0 Å². The molecular formula is C30H17BF24O5P2. The number of hydrogen-bond acceptors (Lipinski definition) is 5. The van der Waals surface area contributed by atoms with Crippen LogP contribution in [-0.2, 0) is 21.2 Å². The van der Waals surface area contributed by atoms with Crippen molar-refractivity contribution in [3.63, 3.8) is 0 Å². The van der Waals surface area contributed by atoms with Crippen molar-refractivity contribution >= 4 is 32.5 Å². The van der Waals surface area contributed by atoms with E-state index in [9.17, 15) is 35.9 Å². The SMILES string of the molecule is O=C(CP(OB(Oc1cc(C(F)(F)F)cc(C(F)(F)F)c1)OP(CC(=O)c1ccccc1)(C(F)(F)F)(C(F)(F)F)C(F)(F)F)(C(F)(F)F)(C(F)(F)F)C(F)(F)F)c1ccccc1.